The monoisotopic (exact) mass is 284 g/mol. The topological polar surface area (TPSA) is 93.3 Å². The number of para-hydroxylation sites is 1. The number of aromatic nitrogens is 1. The Labute approximate surface area is 122 Å². The van der Waals surface area contributed by atoms with Crippen molar-refractivity contribution in [3.05, 3.63) is 59.4 Å². The van der Waals surface area contributed by atoms with E-state index >= 15 is 0 Å². The van der Waals surface area contributed by atoms with Crippen LogP contribution >= 0.6 is 0 Å². The number of anilines is 1. The number of carbonyl (C=O) groups is 2. The van der Waals surface area contributed by atoms with Gasteiger partial charge < -0.3 is 10.8 Å². The highest BCUT2D eigenvalue weighted by atomic mass is 16.4. The average Bonchev–Trinajstić information content (AvgIpc) is 2.48. The zero-order chi connectivity index (χ0) is 15.2. The van der Waals surface area contributed by atoms with Gasteiger partial charge in [0.2, 0.25) is 5.78 Å². The summed E-state index contributed by atoms with van der Waals surface area (Å²) in [5.41, 5.74) is 9.22. The van der Waals surface area contributed by atoms with Gasteiger partial charge in [-0.2, -0.15) is 0 Å². The Hall–Kier alpha value is -2.69. The average molecular weight is 284 g/mol. The van der Waals surface area contributed by atoms with Crippen LogP contribution in [0.1, 0.15) is 16.8 Å². The van der Waals surface area contributed by atoms with E-state index in [4.69, 9.17) is 10.8 Å². The Bertz CT molecular complexity index is 651. The molecule has 0 saturated heterocycles. The molecule has 5 nitrogen and oxygen atoms in total. The van der Waals surface area contributed by atoms with Crippen LogP contribution in [0, 0.1) is 0 Å². The second-order valence-corrected chi connectivity index (χ2v) is 4.76. The molecule has 5 heteroatoms. The van der Waals surface area contributed by atoms with Gasteiger partial charge in [-0.15, -0.1) is 0 Å². The van der Waals surface area contributed by atoms with Crippen LogP contribution in [0.2, 0.25) is 0 Å². The van der Waals surface area contributed by atoms with Crippen molar-refractivity contribution in [1.82, 2.24) is 4.98 Å². The van der Waals surface area contributed by atoms with Gasteiger partial charge in [0.05, 0.1) is 6.42 Å². The van der Waals surface area contributed by atoms with Crippen molar-refractivity contribution in [3.63, 3.8) is 0 Å². The molecule has 1 heterocycles. The van der Waals surface area contributed by atoms with E-state index in [1.165, 1.54) is 0 Å². The zero-order valence-electron chi connectivity index (χ0n) is 11.5. The summed E-state index contributed by atoms with van der Waals surface area (Å²) in [6.07, 6.45) is 3.08. The molecule has 0 spiro atoms. The van der Waals surface area contributed by atoms with Crippen molar-refractivity contribution in [3.8, 4) is 0 Å². The lowest BCUT2D eigenvalue weighted by atomic mass is 10.0. The summed E-state index contributed by atoms with van der Waals surface area (Å²) in [7, 11) is 0. The summed E-state index contributed by atoms with van der Waals surface area (Å²) in [5, 5.41) is 8.55. The molecule has 108 valence electrons. The molecule has 2 aromatic rings. The van der Waals surface area contributed by atoms with Gasteiger partial charge in [0.25, 0.3) is 0 Å². The first-order valence-corrected chi connectivity index (χ1v) is 6.59. The number of hydrogen-bond acceptors (Lipinski definition) is 4. The fraction of sp³-hybridized carbons (Fsp3) is 0.188. The quantitative estimate of drug-likeness (QED) is 0.621. The van der Waals surface area contributed by atoms with Crippen molar-refractivity contribution in [2.24, 2.45) is 0 Å². The summed E-state index contributed by atoms with van der Waals surface area (Å²) in [4.78, 5) is 25.7. The maximum absolute atomic E-state index is 11.1. The number of aliphatic carboxylic acids is 1. The predicted molar refractivity (Wildman–Crippen MR) is 78.8 cm³/mol. The minimum Gasteiger partial charge on any atom is -0.475 e. The van der Waals surface area contributed by atoms with E-state index in [0.29, 0.717) is 5.69 Å². The van der Waals surface area contributed by atoms with Crippen LogP contribution in [0.25, 0.3) is 0 Å². The standard InChI is InChI=1S/C16H16N2O3/c17-14-4-2-1-3-12(14)7-5-11-6-8-13(18-10-11)9-15(19)16(20)21/h1-4,6,8,10H,5,7,9,17H2,(H,20,21). The first-order valence-electron chi connectivity index (χ1n) is 6.59. The lowest BCUT2D eigenvalue weighted by molar-refractivity contribution is -0.148. The number of benzene rings is 1. The summed E-state index contributed by atoms with van der Waals surface area (Å²) in [5.74, 6) is -2.28. The van der Waals surface area contributed by atoms with E-state index in [-0.39, 0.29) is 6.42 Å². The third kappa shape index (κ3) is 4.14. The maximum atomic E-state index is 11.1. The SMILES string of the molecule is Nc1ccccc1CCc1ccc(CC(=O)C(=O)O)nc1. The Morgan fingerprint density at radius 2 is 1.86 bits per heavy atom. The number of aryl methyl sites for hydroxylation is 2. The molecule has 0 aliphatic carbocycles. The Balaban J connectivity index is 1.95. The van der Waals surface area contributed by atoms with E-state index in [1.807, 2.05) is 30.3 Å². The number of rotatable bonds is 6. The number of ketones is 1. The van der Waals surface area contributed by atoms with Crippen molar-refractivity contribution in [2.45, 2.75) is 19.3 Å². The summed E-state index contributed by atoms with van der Waals surface area (Å²) >= 11 is 0. The molecule has 0 radical (unpaired) electrons. The number of Topliss-reactive ketones (excluding diaryl/α,β-unsaturated/α-hetero) is 1. The lowest BCUT2D eigenvalue weighted by Gasteiger charge is -2.05. The first kappa shape index (κ1) is 14.7. The van der Waals surface area contributed by atoms with Crippen molar-refractivity contribution >= 4 is 17.4 Å². The number of nitrogens with zero attached hydrogens (tertiary/aromatic N) is 1. The smallest absolute Gasteiger partial charge is 0.372 e. The fourth-order valence-electron chi connectivity index (χ4n) is 1.99. The number of carbonyl (C=O) groups excluding carboxylic acids is 1. The second-order valence-electron chi connectivity index (χ2n) is 4.76. The molecule has 0 aliphatic heterocycles. The number of carboxylic acids is 1. The van der Waals surface area contributed by atoms with E-state index in [2.05, 4.69) is 4.98 Å². The minimum absolute atomic E-state index is 0.179. The molecule has 0 aliphatic rings. The van der Waals surface area contributed by atoms with Gasteiger partial charge in [-0.05, 0) is 36.1 Å². The van der Waals surface area contributed by atoms with Crippen LogP contribution in [0.4, 0.5) is 5.69 Å². The van der Waals surface area contributed by atoms with Crippen LogP contribution in [-0.2, 0) is 28.9 Å². The van der Waals surface area contributed by atoms with Gasteiger partial charge in [-0.25, -0.2) is 4.79 Å². The number of hydrogen-bond donors (Lipinski definition) is 2. The van der Waals surface area contributed by atoms with E-state index in [1.54, 1.807) is 12.3 Å². The number of pyridine rings is 1. The van der Waals surface area contributed by atoms with Crippen LogP contribution in [0.5, 0.6) is 0 Å². The van der Waals surface area contributed by atoms with Gasteiger partial charge in [-0.3, -0.25) is 9.78 Å². The highest BCUT2D eigenvalue weighted by Crippen LogP contribution is 2.14. The summed E-state index contributed by atoms with van der Waals surface area (Å²) in [6, 6.07) is 11.2. The highest BCUT2D eigenvalue weighted by molar-refractivity contribution is 6.33. The molecule has 21 heavy (non-hydrogen) atoms. The Kier molecular flexibility index (Phi) is 4.66. The molecule has 0 saturated carbocycles. The van der Waals surface area contributed by atoms with Gasteiger partial charge in [-0.1, -0.05) is 24.3 Å². The largest absolute Gasteiger partial charge is 0.475 e. The third-order valence-corrected chi connectivity index (χ3v) is 3.20. The molecule has 0 atom stereocenters. The fourth-order valence-corrected chi connectivity index (χ4v) is 1.99. The maximum Gasteiger partial charge on any atom is 0.372 e. The van der Waals surface area contributed by atoms with Crippen molar-refractivity contribution in [1.29, 1.82) is 0 Å². The molecule has 1 aromatic heterocycles. The van der Waals surface area contributed by atoms with Gasteiger partial charge >= 0.3 is 5.97 Å². The summed E-state index contributed by atoms with van der Waals surface area (Å²) < 4.78 is 0. The van der Waals surface area contributed by atoms with Gasteiger partial charge in [0.15, 0.2) is 0 Å². The van der Waals surface area contributed by atoms with Gasteiger partial charge in [0.1, 0.15) is 0 Å². The van der Waals surface area contributed by atoms with Crippen LogP contribution < -0.4 is 5.73 Å². The van der Waals surface area contributed by atoms with E-state index in [9.17, 15) is 9.59 Å². The highest BCUT2D eigenvalue weighted by Gasteiger charge is 2.12. The van der Waals surface area contributed by atoms with E-state index < -0.39 is 11.8 Å². The first-order chi connectivity index (χ1) is 10.1. The van der Waals surface area contributed by atoms with Crippen LogP contribution in [0.15, 0.2) is 42.6 Å². The second kappa shape index (κ2) is 6.65. The van der Waals surface area contributed by atoms with Gasteiger partial charge in [0, 0.05) is 17.6 Å². The number of nitrogens with two attached hydrogens (primary N) is 1. The van der Waals surface area contributed by atoms with Crippen molar-refractivity contribution in [2.75, 3.05) is 5.73 Å². The number of nitrogen functional groups attached to an aromatic ring is 1. The normalized spacial score (nSPS) is 10.3. The molecule has 1 aromatic carbocycles. The van der Waals surface area contributed by atoms with E-state index in [0.717, 1.165) is 29.7 Å². The molecule has 3 N–H and O–H groups in total. The Morgan fingerprint density at radius 1 is 1.10 bits per heavy atom. The lowest BCUT2D eigenvalue weighted by Crippen LogP contribution is -2.15. The Morgan fingerprint density at radius 3 is 2.48 bits per heavy atom. The van der Waals surface area contributed by atoms with Crippen molar-refractivity contribution < 1.29 is 14.7 Å². The molecular weight excluding hydrogens is 268 g/mol. The molecule has 0 unspecified atom stereocenters. The minimum atomic E-state index is -1.43. The van der Waals surface area contributed by atoms with Crippen LogP contribution in [0.3, 0.4) is 0 Å². The molecule has 2 rings (SSSR count). The third-order valence-electron chi connectivity index (χ3n) is 3.20. The summed E-state index contributed by atoms with van der Waals surface area (Å²) in [6.45, 7) is 0. The molecule has 0 amide bonds. The van der Waals surface area contributed by atoms with Crippen LogP contribution in [-0.4, -0.2) is 21.8 Å². The number of carboxylic acid groups (broad SMARTS) is 1. The molecule has 0 fully saturated rings. The predicted octanol–water partition coefficient (Wildman–Crippen LogP) is 1.65. The zero-order valence-corrected chi connectivity index (χ0v) is 11.5. The molecular formula is C16H16N2O3. The molecule has 0 bridgehead atoms.